The zero-order chi connectivity index (χ0) is 12.7. The summed E-state index contributed by atoms with van der Waals surface area (Å²) in [6.45, 7) is 4.75. The van der Waals surface area contributed by atoms with Gasteiger partial charge in [0.25, 0.3) is 5.91 Å². The summed E-state index contributed by atoms with van der Waals surface area (Å²) in [5, 5.41) is 2.89. The first-order valence-corrected chi connectivity index (χ1v) is 6.30. The maximum Gasteiger partial charge on any atom is 0.254 e. The normalized spacial score (nSPS) is 11.2. The summed E-state index contributed by atoms with van der Waals surface area (Å²) < 4.78 is 0. The molecule has 0 fully saturated rings. The van der Waals surface area contributed by atoms with Gasteiger partial charge in [-0.3, -0.25) is 4.79 Å². The molecule has 0 bridgehead atoms. The van der Waals surface area contributed by atoms with Crippen molar-refractivity contribution in [1.29, 1.82) is 0 Å². The Morgan fingerprint density at radius 2 is 1.94 bits per heavy atom. The van der Waals surface area contributed by atoms with Crippen LogP contribution in [0.4, 0.5) is 0 Å². The molecule has 0 aliphatic heterocycles. The Kier molecular flexibility index (Phi) is 5.35. The van der Waals surface area contributed by atoms with Crippen LogP contribution in [0.2, 0.25) is 0 Å². The van der Waals surface area contributed by atoms with E-state index in [1.165, 1.54) is 18.7 Å². The lowest BCUT2D eigenvalue weighted by Crippen LogP contribution is -2.38. The van der Waals surface area contributed by atoms with Crippen LogP contribution in [0.1, 0.15) is 37.0 Å². The monoisotopic (exact) mass is 255 g/mol. The highest BCUT2D eigenvalue weighted by Crippen LogP contribution is 2.26. The van der Waals surface area contributed by atoms with Crippen LogP contribution in [0, 0.1) is 5.41 Å². The Morgan fingerprint density at radius 1 is 1.35 bits per heavy atom. The molecule has 0 saturated carbocycles. The highest BCUT2D eigenvalue weighted by atomic mass is 35.5. The maximum atomic E-state index is 11.8. The number of carbonyl (C=O) groups is 1. The molecule has 17 heavy (non-hydrogen) atoms. The molecule has 0 saturated heterocycles. The fraction of sp³-hybridized carbons (Fsp3) is 0.583. The Hall–Kier alpha value is -1.16. The molecule has 1 heterocycles. The fourth-order valence-corrected chi connectivity index (χ4v) is 1.99. The van der Waals surface area contributed by atoms with E-state index < -0.39 is 0 Å². The van der Waals surface area contributed by atoms with Crippen molar-refractivity contribution in [2.75, 3.05) is 12.4 Å². The predicted molar refractivity (Wildman–Crippen MR) is 68.1 cm³/mol. The Bertz CT molecular complexity index is 344. The summed E-state index contributed by atoms with van der Waals surface area (Å²) in [6, 6.07) is 0. The third-order valence-corrected chi connectivity index (χ3v) is 3.80. The molecule has 0 radical (unpaired) electrons. The number of rotatable bonds is 6. The van der Waals surface area contributed by atoms with Crippen molar-refractivity contribution in [2.24, 2.45) is 5.41 Å². The van der Waals surface area contributed by atoms with Crippen LogP contribution in [-0.2, 0) is 0 Å². The first-order valence-electron chi connectivity index (χ1n) is 5.76. The summed E-state index contributed by atoms with van der Waals surface area (Å²) in [6.07, 6.45) is 6.29. The number of carbonyl (C=O) groups excluding carboxylic acids is 1. The van der Waals surface area contributed by atoms with Crippen LogP contribution in [0.5, 0.6) is 0 Å². The van der Waals surface area contributed by atoms with E-state index in [4.69, 9.17) is 11.6 Å². The van der Waals surface area contributed by atoms with Gasteiger partial charge in [0.1, 0.15) is 6.33 Å². The first-order chi connectivity index (χ1) is 8.17. The molecule has 0 atom stereocenters. The minimum Gasteiger partial charge on any atom is -0.351 e. The Labute approximate surface area is 107 Å². The van der Waals surface area contributed by atoms with E-state index >= 15 is 0 Å². The number of nitrogens with zero attached hydrogens (tertiary/aromatic N) is 2. The lowest BCUT2D eigenvalue weighted by Gasteiger charge is -2.29. The molecule has 0 aliphatic carbocycles. The van der Waals surface area contributed by atoms with Crippen molar-refractivity contribution >= 4 is 17.5 Å². The smallest absolute Gasteiger partial charge is 0.254 e. The number of halogens is 1. The van der Waals surface area contributed by atoms with Gasteiger partial charge < -0.3 is 5.32 Å². The number of amides is 1. The van der Waals surface area contributed by atoms with Crippen molar-refractivity contribution in [2.45, 2.75) is 26.7 Å². The third kappa shape index (κ3) is 3.66. The zero-order valence-electron chi connectivity index (χ0n) is 10.2. The van der Waals surface area contributed by atoms with Crippen molar-refractivity contribution < 1.29 is 4.79 Å². The van der Waals surface area contributed by atoms with Gasteiger partial charge in [-0.1, -0.05) is 13.8 Å². The van der Waals surface area contributed by atoms with E-state index in [1.54, 1.807) is 0 Å². The van der Waals surface area contributed by atoms with E-state index in [-0.39, 0.29) is 11.3 Å². The largest absolute Gasteiger partial charge is 0.351 e. The predicted octanol–water partition coefficient (Wildman–Crippen LogP) is 2.25. The SMILES string of the molecule is CCC(CC)(CCl)CNC(=O)c1cncnc1. The summed E-state index contributed by atoms with van der Waals surface area (Å²) in [5.41, 5.74) is 0.454. The van der Waals surface area contributed by atoms with Gasteiger partial charge in [0, 0.05) is 30.2 Å². The molecule has 0 aliphatic rings. The first kappa shape index (κ1) is 13.9. The number of alkyl halides is 1. The molecule has 1 amide bonds. The summed E-state index contributed by atoms with van der Waals surface area (Å²) in [4.78, 5) is 19.4. The topological polar surface area (TPSA) is 54.9 Å². The number of aromatic nitrogens is 2. The van der Waals surface area contributed by atoms with Crippen LogP contribution in [-0.4, -0.2) is 28.3 Å². The van der Waals surface area contributed by atoms with E-state index in [0.717, 1.165) is 12.8 Å². The Balaban J connectivity index is 2.59. The van der Waals surface area contributed by atoms with Gasteiger partial charge in [0.15, 0.2) is 0 Å². The molecule has 1 rings (SSSR count). The second kappa shape index (κ2) is 6.55. The van der Waals surface area contributed by atoms with E-state index in [1.807, 2.05) is 0 Å². The van der Waals surface area contributed by atoms with Gasteiger partial charge in [-0.15, -0.1) is 11.6 Å². The Morgan fingerprint density at radius 3 is 2.41 bits per heavy atom. The lowest BCUT2D eigenvalue weighted by molar-refractivity contribution is 0.0931. The average Bonchev–Trinajstić information content (AvgIpc) is 2.41. The highest BCUT2D eigenvalue weighted by Gasteiger charge is 2.25. The second-order valence-electron chi connectivity index (χ2n) is 4.15. The average molecular weight is 256 g/mol. The molecule has 1 N–H and O–H groups in total. The van der Waals surface area contributed by atoms with Gasteiger partial charge in [-0.2, -0.15) is 0 Å². The minimum atomic E-state index is -0.151. The van der Waals surface area contributed by atoms with Gasteiger partial charge in [-0.05, 0) is 12.8 Å². The molecule has 0 unspecified atom stereocenters. The summed E-state index contributed by atoms with van der Waals surface area (Å²) in [7, 11) is 0. The van der Waals surface area contributed by atoms with Crippen LogP contribution >= 0.6 is 11.6 Å². The number of hydrogen-bond donors (Lipinski definition) is 1. The molecule has 0 spiro atoms. The lowest BCUT2D eigenvalue weighted by atomic mass is 9.84. The zero-order valence-corrected chi connectivity index (χ0v) is 11.0. The van der Waals surface area contributed by atoms with Crippen molar-refractivity contribution in [1.82, 2.24) is 15.3 Å². The van der Waals surface area contributed by atoms with E-state index in [2.05, 4.69) is 29.1 Å². The van der Waals surface area contributed by atoms with Crippen molar-refractivity contribution in [3.8, 4) is 0 Å². The standard InChI is InChI=1S/C12H18ClN3O/c1-3-12(4-2,7-13)8-16-11(17)10-5-14-9-15-6-10/h5-6,9H,3-4,7-8H2,1-2H3,(H,16,17). The molecular formula is C12H18ClN3O. The fourth-order valence-electron chi connectivity index (χ4n) is 1.52. The molecule has 4 nitrogen and oxygen atoms in total. The van der Waals surface area contributed by atoms with Crippen molar-refractivity contribution in [3.05, 3.63) is 24.3 Å². The number of nitrogens with one attached hydrogen (secondary N) is 1. The summed E-state index contributed by atoms with van der Waals surface area (Å²) in [5.74, 6) is 0.396. The summed E-state index contributed by atoms with van der Waals surface area (Å²) >= 11 is 5.98. The third-order valence-electron chi connectivity index (χ3n) is 3.23. The van der Waals surface area contributed by atoms with Crippen LogP contribution in [0.15, 0.2) is 18.7 Å². The number of hydrogen-bond acceptors (Lipinski definition) is 3. The highest BCUT2D eigenvalue weighted by molar-refractivity contribution is 6.18. The van der Waals surface area contributed by atoms with Gasteiger partial charge in [0.05, 0.1) is 5.56 Å². The van der Waals surface area contributed by atoms with Crippen LogP contribution < -0.4 is 5.32 Å². The van der Waals surface area contributed by atoms with E-state index in [9.17, 15) is 4.79 Å². The quantitative estimate of drug-likeness (QED) is 0.794. The van der Waals surface area contributed by atoms with Crippen molar-refractivity contribution in [3.63, 3.8) is 0 Å². The molecule has 0 aromatic carbocycles. The van der Waals surface area contributed by atoms with E-state index in [0.29, 0.717) is 18.0 Å². The molecular weight excluding hydrogens is 238 g/mol. The van der Waals surface area contributed by atoms with Crippen LogP contribution in [0.3, 0.4) is 0 Å². The maximum absolute atomic E-state index is 11.8. The second-order valence-corrected chi connectivity index (χ2v) is 4.42. The molecule has 94 valence electrons. The van der Waals surface area contributed by atoms with Crippen LogP contribution in [0.25, 0.3) is 0 Å². The van der Waals surface area contributed by atoms with Gasteiger partial charge in [-0.25, -0.2) is 9.97 Å². The van der Waals surface area contributed by atoms with Gasteiger partial charge in [0.2, 0.25) is 0 Å². The minimum absolute atomic E-state index is 0.0210. The molecule has 1 aromatic rings. The van der Waals surface area contributed by atoms with Gasteiger partial charge >= 0.3 is 0 Å². The molecule has 1 aromatic heterocycles. The molecule has 5 heteroatoms.